The number of nitrogens with one attached hydrogen (secondary N) is 1. The molecule has 0 aliphatic rings. The van der Waals surface area contributed by atoms with Gasteiger partial charge in [0.1, 0.15) is 17.5 Å². The van der Waals surface area contributed by atoms with E-state index in [2.05, 4.69) is 10.5 Å². The first-order chi connectivity index (χ1) is 16.2. The molecule has 3 aromatic rings. The van der Waals surface area contributed by atoms with E-state index < -0.39 is 26.9 Å². The average molecular weight is 483 g/mol. The number of anilines is 1. The number of nitrogens with zero attached hydrogens (tertiary/aromatic N) is 3. The summed E-state index contributed by atoms with van der Waals surface area (Å²) in [4.78, 5) is 23.1. The topological polar surface area (TPSA) is 131 Å². The fourth-order valence-corrected chi connectivity index (χ4v) is 4.29. The summed E-state index contributed by atoms with van der Waals surface area (Å²) in [5.41, 5.74) is 2.51. The Balaban J connectivity index is 1.75. The summed E-state index contributed by atoms with van der Waals surface area (Å²) in [5.74, 6) is 0.402. The van der Waals surface area contributed by atoms with Crippen LogP contribution in [0.1, 0.15) is 12.5 Å². The third-order valence-corrected chi connectivity index (χ3v) is 5.91. The van der Waals surface area contributed by atoms with Crippen molar-refractivity contribution >= 4 is 33.5 Å². The second-order valence-electron chi connectivity index (χ2n) is 7.19. The average Bonchev–Trinajstić information content (AvgIpc) is 2.80. The van der Waals surface area contributed by atoms with E-state index in [9.17, 15) is 23.3 Å². The number of nitro benzene ring substituents is 1. The number of carbonyl (C=O) groups excluding carboxylic acids is 1. The van der Waals surface area contributed by atoms with Crippen molar-refractivity contribution in [2.24, 2.45) is 5.10 Å². The van der Waals surface area contributed by atoms with E-state index >= 15 is 0 Å². The van der Waals surface area contributed by atoms with E-state index in [1.165, 1.54) is 37.3 Å². The second kappa shape index (κ2) is 10.6. The van der Waals surface area contributed by atoms with Gasteiger partial charge in [0.2, 0.25) is 10.0 Å². The first kappa shape index (κ1) is 24.4. The molecule has 0 aromatic heterocycles. The molecule has 0 heterocycles. The van der Waals surface area contributed by atoms with E-state index in [1.807, 2.05) is 18.2 Å². The van der Waals surface area contributed by atoms with Crippen LogP contribution in [0.15, 0.2) is 84.0 Å². The molecule has 3 rings (SSSR count). The third-order valence-electron chi connectivity index (χ3n) is 4.67. The molecule has 0 spiro atoms. The zero-order valence-electron chi connectivity index (χ0n) is 18.4. The van der Waals surface area contributed by atoms with E-state index in [1.54, 1.807) is 30.3 Å². The van der Waals surface area contributed by atoms with Crippen LogP contribution in [0, 0.1) is 10.1 Å². The summed E-state index contributed by atoms with van der Waals surface area (Å²) in [6.07, 6.45) is 2.12. The molecule has 3 aromatic carbocycles. The number of para-hydroxylation sites is 2. The Labute approximate surface area is 196 Å². The zero-order valence-corrected chi connectivity index (χ0v) is 19.2. The third kappa shape index (κ3) is 6.17. The molecule has 1 amide bonds. The van der Waals surface area contributed by atoms with Crippen LogP contribution in [0.25, 0.3) is 0 Å². The predicted octanol–water partition coefficient (Wildman–Crippen LogP) is 3.69. The van der Waals surface area contributed by atoms with Gasteiger partial charge in [-0.1, -0.05) is 30.3 Å². The number of nitro groups is 1. The zero-order chi connectivity index (χ0) is 24.7. The molecule has 176 valence electrons. The number of hydrogen-bond acceptors (Lipinski definition) is 7. The summed E-state index contributed by atoms with van der Waals surface area (Å²) in [6.45, 7) is 1.41. The van der Waals surface area contributed by atoms with Crippen molar-refractivity contribution in [2.75, 3.05) is 10.6 Å². The highest BCUT2D eigenvalue weighted by atomic mass is 32.2. The molecule has 0 radical (unpaired) electrons. The van der Waals surface area contributed by atoms with Crippen LogP contribution in [-0.2, 0) is 14.8 Å². The molecule has 34 heavy (non-hydrogen) atoms. The molecule has 0 saturated heterocycles. The minimum Gasteiger partial charge on any atom is -0.457 e. The normalized spacial score (nSPS) is 12.2. The number of hydrazone groups is 1. The standard InChI is InChI=1S/C23H22N4O6S/c1-17(23(28)25-24-16-18-8-6-7-11-22(18)27(29)30)26(34(2,31)32)19-12-14-21(15-13-19)33-20-9-4-3-5-10-20/h3-17H,1-2H3,(H,25,28)/b24-16-/t17-/m0/s1. The molecule has 1 N–H and O–H groups in total. The largest absolute Gasteiger partial charge is 0.457 e. The fraction of sp³-hybridized carbons (Fsp3) is 0.130. The van der Waals surface area contributed by atoms with Gasteiger partial charge in [-0.2, -0.15) is 5.10 Å². The van der Waals surface area contributed by atoms with Crippen LogP contribution in [0.3, 0.4) is 0 Å². The number of carbonyl (C=O) groups is 1. The molecule has 11 heteroatoms. The Bertz CT molecular complexity index is 1290. The highest BCUT2D eigenvalue weighted by molar-refractivity contribution is 7.92. The number of amides is 1. The highest BCUT2D eigenvalue weighted by Crippen LogP contribution is 2.27. The maximum atomic E-state index is 12.6. The number of ether oxygens (including phenoxy) is 1. The van der Waals surface area contributed by atoms with Crippen molar-refractivity contribution < 1.29 is 22.9 Å². The first-order valence-corrected chi connectivity index (χ1v) is 11.9. The van der Waals surface area contributed by atoms with Crippen molar-refractivity contribution in [1.29, 1.82) is 0 Å². The molecule has 0 saturated carbocycles. The van der Waals surface area contributed by atoms with Gasteiger partial charge < -0.3 is 4.74 Å². The number of rotatable bonds is 9. The molecular weight excluding hydrogens is 460 g/mol. The van der Waals surface area contributed by atoms with Gasteiger partial charge in [0.05, 0.1) is 28.6 Å². The quantitative estimate of drug-likeness (QED) is 0.281. The lowest BCUT2D eigenvalue weighted by atomic mass is 10.2. The van der Waals surface area contributed by atoms with Gasteiger partial charge in [-0.15, -0.1) is 0 Å². The van der Waals surface area contributed by atoms with Gasteiger partial charge in [0.15, 0.2) is 0 Å². The predicted molar refractivity (Wildman–Crippen MR) is 129 cm³/mol. The number of benzene rings is 3. The van der Waals surface area contributed by atoms with Gasteiger partial charge in [0.25, 0.3) is 11.6 Å². The first-order valence-electron chi connectivity index (χ1n) is 10.1. The van der Waals surface area contributed by atoms with Crippen LogP contribution in [0.2, 0.25) is 0 Å². The molecule has 0 aliphatic carbocycles. The Kier molecular flexibility index (Phi) is 7.59. The van der Waals surface area contributed by atoms with Crippen molar-refractivity contribution in [3.05, 3.63) is 94.5 Å². The van der Waals surface area contributed by atoms with Crippen molar-refractivity contribution in [3.8, 4) is 11.5 Å². The SMILES string of the molecule is C[C@@H](C(=O)N/N=C\c1ccccc1[N+](=O)[O-])N(c1ccc(Oc2ccccc2)cc1)S(C)(=O)=O. The van der Waals surface area contributed by atoms with Crippen molar-refractivity contribution in [2.45, 2.75) is 13.0 Å². The molecule has 0 aliphatic heterocycles. The lowest BCUT2D eigenvalue weighted by Crippen LogP contribution is -2.46. The van der Waals surface area contributed by atoms with Crippen molar-refractivity contribution in [3.63, 3.8) is 0 Å². The Morgan fingerprint density at radius 3 is 2.24 bits per heavy atom. The number of hydrogen-bond donors (Lipinski definition) is 1. The van der Waals surface area contributed by atoms with Crippen LogP contribution in [0.4, 0.5) is 11.4 Å². The van der Waals surface area contributed by atoms with Gasteiger partial charge in [0, 0.05) is 6.07 Å². The Hall–Kier alpha value is -4.25. The number of sulfonamides is 1. The van der Waals surface area contributed by atoms with E-state index in [0.29, 0.717) is 11.5 Å². The van der Waals surface area contributed by atoms with Crippen LogP contribution in [-0.4, -0.2) is 37.8 Å². The molecule has 1 atom stereocenters. The minimum atomic E-state index is -3.84. The highest BCUT2D eigenvalue weighted by Gasteiger charge is 2.29. The summed E-state index contributed by atoms with van der Waals surface area (Å²) in [7, 11) is -3.84. The molecule has 0 bridgehead atoms. The summed E-state index contributed by atoms with van der Waals surface area (Å²) in [5, 5.41) is 14.8. The van der Waals surface area contributed by atoms with Gasteiger partial charge >= 0.3 is 0 Å². The van der Waals surface area contributed by atoms with Crippen molar-refractivity contribution in [1.82, 2.24) is 5.43 Å². The molecule has 0 fully saturated rings. The smallest absolute Gasteiger partial charge is 0.278 e. The maximum absolute atomic E-state index is 12.6. The van der Waals surface area contributed by atoms with Gasteiger partial charge in [-0.05, 0) is 49.4 Å². The van der Waals surface area contributed by atoms with Gasteiger partial charge in [-0.25, -0.2) is 13.8 Å². The van der Waals surface area contributed by atoms with Gasteiger partial charge in [-0.3, -0.25) is 19.2 Å². The van der Waals surface area contributed by atoms with E-state index in [-0.39, 0.29) is 16.9 Å². The monoisotopic (exact) mass is 482 g/mol. The summed E-state index contributed by atoms with van der Waals surface area (Å²) >= 11 is 0. The molecule has 0 unspecified atom stereocenters. The van der Waals surface area contributed by atoms with Crippen LogP contribution >= 0.6 is 0 Å². The lowest BCUT2D eigenvalue weighted by molar-refractivity contribution is -0.385. The fourth-order valence-electron chi connectivity index (χ4n) is 3.12. The second-order valence-corrected chi connectivity index (χ2v) is 9.05. The summed E-state index contributed by atoms with van der Waals surface area (Å²) < 4.78 is 31.6. The maximum Gasteiger partial charge on any atom is 0.278 e. The van der Waals surface area contributed by atoms with E-state index in [0.717, 1.165) is 16.8 Å². The van der Waals surface area contributed by atoms with E-state index in [4.69, 9.17) is 4.74 Å². The van der Waals surface area contributed by atoms with Crippen LogP contribution in [0.5, 0.6) is 11.5 Å². The summed E-state index contributed by atoms with van der Waals surface area (Å²) in [6, 6.07) is 20.1. The lowest BCUT2D eigenvalue weighted by Gasteiger charge is -2.27. The Morgan fingerprint density at radius 1 is 1.03 bits per heavy atom. The minimum absolute atomic E-state index is 0.177. The molecular formula is C23H22N4O6S. The van der Waals surface area contributed by atoms with Crippen LogP contribution < -0.4 is 14.5 Å². The Morgan fingerprint density at radius 2 is 1.62 bits per heavy atom. The molecule has 10 nitrogen and oxygen atoms in total.